The molecule has 0 nitrogen and oxygen atoms in total. The fraction of sp³-hybridized carbons (Fsp3) is 0.556. The van der Waals surface area contributed by atoms with Crippen molar-refractivity contribution in [3.63, 3.8) is 0 Å². The lowest BCUT2D eigenvalue weighted by Crippen LogP contribution is -1.91. The molecule has 0 N–H and O–H groups in total. The summed E-state index contributed by atoms with van der Waals surface area (Å²) >= 11 is 0. The topological polar surface area (TPSA) is 0 Å². The van der Waals surface area contributed by atoms with E-state index in [4.69, 9.17) is 0 Å². The molecule has 0 spiro atoms. The molecule has 2 aliphatic rings. The van der Waals surface area contributed by atoms with Crippen LogP contribution in [0.25, 0.3) is 0 Å². The van der Waals surface area contributed by atoms with E-state index in [-0.39, 0.29) is 0 Å². The van der Waals surface area contributed by atoms with Crippen LogP contribution in [-0.2, 0) is 0 Å². The van der Waals surface area contributed by atoms with Crippen LogP contribution in [-0.4, -0.2) is 0 Å². The quantitative estimate of drug-likeness (QED) is 0.551. The minimum Gasteiger partial charge on any atom is -0.0808 e. The Morgan fingerprint density at radius 2 is 1.06 bits per heavy atom. The van der Waals surface area contributed by atoms with Gasteiger partial charge in [-0.1, -0.05) is 95.1 Å². The highest BCUT2D eigenvalue weighted by Crippen LogP contribution is 2.10. The van der Waals surface area contributed by atoms with Gasteiger partial charge in [0, 0.05) is 0 Å². The first-order chi connectivity index (χ1) is 8.81. The molecule has 0 aromatic rings. The number of allylic oxidation sites excluding steroid dienone is 8. The second-order valence-electron chi connectivity index (χ2n) is 4.87. The smallest absolute Gasteiger partial charge is 0.0163 e. The highest BCUT2D eigenvalue weighted by Gasteiger charge is 1.95. The van der Waals surface area contributed by atoms with Crippen LogP contribution in [0.3, 0.4) is 0 Å². The van der Waals surface area contributed by atoms with E-state index in [2.05, 4.69) is 69.4 Å². The molecule has 0 atom stereocenters. The molecule has 0 heterocycles. The SMILES string of the molecule is C1=CCC=C1.C1=CCC=C1.CCCC(C)CCC. The zero-order chi connectivity index (χ0) is 13.5. The van der Waals surface area contributed by atoms with Gasteiger partial charge in [0.15, 0.2) is 0 Å². The van der Waals surface area contributed by atoms with Gasteiger partial charge in [0.1, 0.15) is 0 Å². The fourth-order valence-electron chi connectivity index (χ4n) is 1.92. The van der Waals surface area contributed by atoms with Crippen LogP contribution in [0.4, 0.5) is 0 Å². The lowest BCUT2D eigenvalue weighted by Gasteiger charge is -2.05. The van der Waals surface area contributed by atoms with Gasteiger partial charge in [-0.05, 0) is 18.8 Å². The van der Waals surface area contributed by atoms with E-state index in [0.717, 1.165) is 18.8 Å². The Morgan fingerprint density at radius 1 is 0.722 bits per heavy atom. The summed E-state index contributed by atoms with van der Waals surface area (Å²) in [7, 11) is 0. The summed E-state index contributed by atoms with van der Waals surface area (Å²) in [5.41, 5.74) is 0. The third-order valence-electron chi connectivity index (χ3n) is 2.87. The van der Waals surface area contributed by atoms with Crippen molar-refractivity contribution in [3.8, 4) is 0 Å². The van der Waals surface area contributed by atoms with Crippen LogP contribution >= 0.6 is 0 Å². The Bertz CT molecular complexity index is 218. The minimum absolute atomic E-state index is 0.963. The molecule has 0 saturated heterocycles. The van der Waals surface area contributed by atoms with Crippen molar-refractivity contribution < 1.29 is 0 Å². The van der Waals surface area contributed by atoms with Crippen molar-refractivity contribution in [2.75, 3.05) is 0 Å². The van der Waals surface area contributed by atoms with Crippen molar-refractivity contribution >= 4 is 0 Å². The predicted molar refractivity (Wildman–Crippen MR) is 84.8 cm³/mol. The van der Waals surface area contributed by atoms with Gasteiger partial charge in [0.2, 0.25) is 0 Å². The average Bonchev–Trinajstić information content (AvgIpc) is 3.09. The van der Waals surface area contributed by atoms with Gasteiger partial charge in [0.05, 0.1) is 0 Å². The van der Waals surface area contributed by atoms with E-state index in [1.807, 2.05) is 0 Å². The third-order valence-corrected chi connectivity index (χ3v) is 2.87. The Labute approximate surface area is 114 Å². The zero-order valence-electron chi connectivity index (χ0n) is 12.4. The van der Waals surface area contributed by atoms with Gasteiger partial charge in [-0.2, -0.15) is 0 Å². The second-order valence-corrected chi connectivity index (χ2v) is 4.87. The fourth-order valence-corrected chi connectivity index (χ4v) is 1.92. The standard InChI is InChI=1S/C8H18.2C5H6/c1-4-6-8(3)7-5-2;2*1-2-4-5-3-1/h8H,4-7H2,1-3H3;2*1-4H,5H2. The summed E-state index contributed by atoms with van der Waals surface area (Å²) in [5.74, 6) is 0.963. The zero-order valence-corrected chi connectivity index (χ0v) is 12.4. The van der Waals surface area contributed by atoms with Crippen molar-refractivity contribution in [2.24, 2.45) is 5.92 Å². The van der Waals surface area contributed by atoms with Crippen molar-refractivity contribution in [1.29, 1.82) is 0 Å². The van der Waals surface area contributed by atoms with E-state index in [1.165, 1.54) is 25.7 Å². The first-order valence-electron chi connectivity index (χ1n) is 7.44. The molecular formula is C18H30. The molecule has 0 aliphatic heterocycles. The molecule has 0 aromatic carbocycles. The molecule has 0 saturated carbocycles. The van der Waals surface area contributed by atoms with E-state index < -0.39 is 0 Å². The van der Waals surface area contributed by atoms with Crippen LogP contribution in [0, 0.1) is 5.92 Å². The highest BCUT2D eigenvalue weighted by atomic mass is 14.0. The minimum atomic E-state index is 0.963. The summed E-state index contributed by atoms with van der Waals surface area (Å²) < 4.78 is 0. The summed E-state index contributed by atoms with van der Waals surface area (Å²) in [4.78, 5) is 0. The first-order valence-corrected chi connectivity index (χ1v) is 7.44. The van der Waals surface area contributed by atoms with Gasteiger partial charge in [0.25, 0.3) is 0 Å². The molecule has 0 amide bonds. The lowest BCUT2D eigenvalue weighted by molar-refractivity contribution is 0.480. The Hall–Kier alpha value is -1.04. The summed E-state index contributed by atoms with van der Waals surface area (Å²) in [5, 5.41) is 0. The average molecular weight is 246 g/mol. The number of rotatable bonds is 4. The van der Waals surface area contributed by atoms with Gasteiger partial charge < -0.3 is 0 Å². The highest BCUT2D eigenvalue weighted by molar-refractivity contribution is 5.12. The molecule has 0 radical (unpaired) electrons. The van der Waals surface area contributed by atoms with Gasteiger partial charge >= 0.3 is 0 Å². The summed E-state index contributed by atoms with van der Waals surface area (Å²) in [6.07, 6.45) is 24.5. The Morgan fingerprint density at radius 3 is 1.22 bits per heavy atom. The molecule has 2 aliphatic carbocycles. The van der Waals surface area contributed by atoms with Crippen LogP contribution in [0.1, 0.15) is 59.3 Å². The lowest BCUT2D eigenvalue weighted by atomic mass is 10.0. The monoisotopic (exact) mass is 246 g/mol. The molecule has 0 fully saturated rings. The van der Waals surface area contributed by atoms with Crippen molar-refractivity contribution in [2.45, 2.75) is 59.3 Å². The Kier molecular flexibility index (Phi) is 13.2. The maximum Gasteiger partial charge on any atom is -0.0163 e. The van der Waals surface area contributed by atoms with E-state index in [0.29, 0.717) is 0 Å². The van der Waals surface area contributed by atoms with Gasteiger partial charge in [-0.15, -0.1) is 0 Å². The maximum atomic E-state index is 2.34. The van der Waals surface area contributed by atoms with Crippen molar-refractivity contribution in [1.82, 2.24) is 0 Å². The largest absolute Gasteiger partial charge is 0.0808 e. The molecule has 0 heteroatoms. The van der Waals surface area contributed by atoms with E-state index in [1.54, 1.807) is 0 Å². The number of hydrogen-bond acceptors (Lipinski definition) is 0. The predicted octanol–water partition coefficient (Wildman–Crippen LogP) is 6.23. The van der Waals surface area contributed by atoms with Crippen molar-refractivity contribution in [3.05, 3.63) is 48.6 Å². The molecule has 2 rings (SSSR count). The first kappa shape index (κ1) is 17.0. The molecule has 0 bridgehead atoms. The second kappa shape index (κ2) is 14.0. The Balaban J connectivity index is 0.000000250. The van der Waals surface area contributed by atoms with Crippen LogP contribution in [0.5, 0.6) is 0 Å². The normalized spacial score (nSPS) is 14.4. The number of hydrogen-bond donors (Lipinski definition) is 0. The molecule has 0 unspecified atom stereocenters. The van der Waals surface area contributed by atoms with Gasteiger partial charge in [-0.3, -0.25) is 0 Å². The van der Waals surface area contributed by atoms with E-state index >= 15 is 0 Å². The van der Waals surface area contributed by atoms with Gasteiger partial charge in [-0.25, -0.2) is 0 Å². The maximum absolute atomic E-state index is 2.34. The van der Waals surface area contributed by atoms with E-state index in [9.17, 15) is 0 Å². The van der Waals surface area contributed by atoms with Crippen LogP contribution in [0.15, 0.2) is 48.6 Å². The third kappa shape index (κ3) is 13.0. The summed E-state index contributed by atoms with van der Waals surface area (Å²) in [6.45, 7) is 6.85. The molecule has 18 heavy (non-hydrogen) atoms. The molecular weight excluding hydrogens is 216 g/mol. The summed E-state index contributed by atoms with van der Waals surface area (Å²) in [6, 6.07) is 0. The van der Waals surface area contributed by atoms with Crippen LogP contribution in [0.2, 0.25) is 0 Å². The molecule has 0 aromatic heterocycles. The molecule has 102 valence electrons. The van der Waals surface area contributed by atoms with Crippen LogP contribution < -0.4 is 0 Å².